The van der Waals surface area contributed by atoms with E-state index in [2.05, 4.69) is 20.9 Å². The number of pyridine rings is 1. The van der Waals surface area contributed by atoms with Crippen LogP contribution in [0.1, 0.15) is 26.3 Å². The maximum atomic E-state index is 11.6. The highest BCUT2D eigenvalue weighted by atomic mass is 79.9. The maximum absolute atomic E-state index is 11.6. The number of halogens is 1. The molecule has 30 heavy (non-hydrogen) atoms. The molecule has 10 nitrogen and oxygen atoms in total. The topological polar surface area (TPSA) is 151 Å². The number of ether oxygens (including phenoxy) is 4. The zero-order chi connectivity index (χ0) is 22.4. The van der Waals surface area contributed by atoms with Crippen molar-refractivity contribution in [2.75, 3.05) is 6.61 Å². The van der Waals surface area contributed by atoms with Crippen LogP contribution in [0.15, 0.2) is 21.8 Å². The number of hydrogen-bond donors (Lipinski definition) is 1. The maximum Gasteiger partial charge on any atom is 0.303 e. The van der Waals surface area contributed by atoms with Gasteiger partial charge in [-0.15, -0.1) is 0 Å². The third-order valence-electron chi connectivity index (χ3n) is 3.94. The Labute approximate surface area is 185 Å². The van der Waals surface area contributed by atoms with Crippen LogP contribution in [0, 0.1) is 11.3 Å². The van der Waals surface area contributed by atoms with E-state index in [9.17, 15) is 14.4 Å². The summed E-state index contributed by atoms with van der Waals surface area (Å²) in [6.07, 6.45) is -1.50. The molecule has 5 atom stereocenters. The minimum atomic E-state index is -1.01. The molecule has 0 radical (unpaired) electrons. The zero-order valence-electron chi connectivity index (χ0n) is 16.4. The molecule has 5 unspecified atom stereocenters. The van der Waals surface area contributed by atoms with E-state index in [4.69, 9.17) is 29.9 Å². The minimum absolute atomic E-state index is 0.213. The lowest BCUT2D eigenvalue weighted by molar-refractivity contribution is -0.201. The average Bonchev–Trinajstić information content (AvgIpc) is 2.65. The standard InChI is InChI=1S/C18H20BrN3O7S/c1-8(23)26-7-13-16(27-9(2)24)15(21)17(28-10(3)25)18(29-13)30-14-4-12(19)11(5-20)6-22-14/h4,6,13,15-18H,7,21H2,1-3H3. The number of carbonyl (C=O) groups excluding carboxylic acids is 3. The summed E-state index contributed by atoms with van der Waals surface area (Å²) in [5, 5.41) is 9.50. The molecule has 1 saturated heterocycles. The Morgan fingerprint density at radius 3 is 2.40 bits per heavy atom. The molecule has 162 valence electrons. The molecule has 12 heteroatoms. The van der Waals surface area contributed by atoms with Crippen LogP contribution in [0.25, 0.3) is 0 Å². The second-order valence-corrected chi connectivity index (χ2v) is 8.28. The van der Waals surface area contributed by atoms with Gasteiger partial charge in [0.05, 0.1) is 16.6 Å². The first-order valence-corrected chi connectivity index (χ1v) is 10.4. The van der Waals surface area contributed by atoms with Gasteiger partial charge in [0.1, 0.15) is 30.3 Å². The highest BCUT2D eigenvalue weighted by Crippen LogP contribution is 2.36. The zero-order valence-corrected chi connectivity index (χ0v) is 18.8. The number of nitriles is 1. The number of aromatic nitrogens is 1. The summed E-state index contributed by atoms with van der Waals surface area (Å²) in [6.45, 7) is 3.44. The summed E-state index contributed by atoms with van der Waals surface area (Å²) >= 11 is 4.39. The average molecular weight is 502 g/mol. The molecule has 0 aromatic carbocycles. The fraction of sp³-hybridized carbons (Fsp3) is 0.500. The number of nitrogens with two attached hydrogens (primary N) is 1. The van der Waals surface area contributed by atoms with Gasteiger partial charge in [-0.1, -0.05) is 11.8 Å². The van der Waals surface area contributed by atoms with Gasteiger partial charge in [0.15, 0.2) is 6.10 Å². The molecule has 0 aliphatic carbocycles. The predicted octanol–water partition coefficient (Wildman–Crippen LogP) is 1.29. The molecule has 2 N–H and O–H groups in total. The Hall–Kier alpha value is -2.20. The van der Waals surface area contributed by atoms with Crippen molar-refractivity contribution in [2.45, 2.75) is 55.6 Å². The number of carbonyl (C=O) groups is 3. The van der Waals surface area contributed by atoms with Crippen LogP contribution in [0.4, 0.5) is 0 Å². The predicted molar refractivity (Wildman–Crippen MR) is 107 cm³/mol. The molecule has 2 heterocycles. The van der Waals surface area contributed by atoms with Gasteiger partial charge in [0, 0.05) is 31.4 Å². The highest BCUT2D eigenvalue weighted by Gasteiger charge is 2.48. The lowest BCUT2D eigenvalue weighted by atomic mass is 9.97. The van der Waals surface area contributed by atoms with Crippen molar-refractivity contribution in [1.29, 1.82) is 5.26 Å². The number of hydrogen-bond acceptors (Lipinski definition) is 11. The van der Waals surface area contributed by atoms with Crippen LogP contribution in [0.3, 0.4) is 0 Å². The van der Waals surface area contributed by atoms with Gasteiger partial charge < -0.3 is 24.7 Å². The summed E-state index contributed by atoms with van der Waals surface area (Å²) in [4.78, 5) is 38.6. The van der Waals surface area contributed by atoms with E-state index in [0.29, 0.717) is 15.1 Å². The summed E-state index contributed by atoms with van der Waals surface area (Å²) < 4.78 is 22.1. The van der Waals surface area contributed by atoms with Crippen molar-refractivity contribution in [2.24, 2.45) is 5.73 Å². The highest BCUT2D eigenvalue weighted by molar-refractivity contribution is 9.10. The Balaban J connectivity index is 2.33. The van der Waals surface area contributed by atoms with Gasteiger partial charge in [-0.25, -0.2) is 4.98 Å². The van der Waals surface area contributed by atoms with E-state index in [1.807, 2.05) is 6.07 Å². The summed E-state index contributed by atoms with van der Waals surface area (Å²) in [5.74, 6) is -1.76. The fourth-order valence-corrected chi connectivity index (χ4v) is 4.39. The van der Waals surface area contributed by atoms with E-state index in [-0.39, 0.29) is 6.61 Å². The Morgan fingerprint density at radius 2 is 1.87 bits per heavy atom. The third kappa shape index (κ3) is 6.40. The van der Waals surface area contributed by atoms with Crippen molar-refractivity contribution >= 4 is 45.6 Å². The molecule has 1 aromatic rings. The van der Waals surface area contributed by atoms with Crippen molar-refractivity contribution in [3.05, 3.63) is 22.3 Å². The van der Waals surface area contributed by atoms with Crippen LogP contribution in [-0.4, -0.2) is 59.3 Å². The van der Waals surface area contributed by atoms with Gasteiger partial charge in [-0.05, 0) is 22.0 Å². The van der Waals surface area contributed by atoms with E-state index in [0.717, 1.165) is 11.8 Å². The third-order valence-corrected chi connectivity index (χ3v) is 5.68. The van der Waals surface area contributed by atoms with Crippen molar-refractivity contribution in [3.63, 3.8) is 0 Å². The molecule has 0 saturated carbocycles. The van der Waals surface area contributed by atoms with E-state index in [1.54, 1.807) is 6.07 Å². The Morgan fingerprint density at radius 1 is 1.23 bits per heavy atom. The van der Waals surface area contributed by atoms with Gasteiger partial charge in [0.25, 0.3) is 0 Å². The van der Waals surface area contributed by atoms with Crippen LogP contribution >= 0.6 is 27.7 Å². The first kappa shape index (κ1) is 24.1. The van der Waals surface area contributed by atoms with Crippen LogP contribution in [0.5, 0.6) is 0 Å². The molecule has 2 rings (SSSR count). The lowest BCUT2D eigenvalue weighted by Gasteiger charge is -2.43. The molecular weight excluding hydrogens is 482 g/mol. The molecule has 1 aliphatic rings. The van der Waals surface area contributed by atoms with E-state index in [1.165, 1.54) is 27.0 Å². The monoisotopic (exact) mass is 501 g/mol. The number of esters is 3. The number of rotatable bonds is 6. The number of nitrogens with zero attached hydrogens (tertiary/aromatic N) is 2. The minimum Gasteiger partial charge on any atom is -0.463 e. The van der Waals surface area contributed by atoms with Crippen LogP contribution < -0.4 is 5.73 Å². The normalized spacial score (nSPS) is 25.7. The molecule has 0 amide bonds. The summed E-state index contributed by atoms with van der Waals surface area (Å²) in [7, 11) is 0. The number of thioether (sulfide) groups is 1. The van der Waals surface area contributed by atoms with E-state index >= 15 is 0 Å². The second-order valence-electron chi connectivity index (χ2n) is 6.30. The molecular formula is C18H20BrN3O7S. The van der Waals surface area contributed by atoms with Crippen molar-refractivity contribution < 1.29 is 33.3 Å². The van der Waals surface area contributed by atoms with Gasteiger partial charge in [0.2, 0.25) is 0 Å². The summed E-state index contributed by atoms with van der Waals surface area (Å²) in [6, 6.07) is 2.65. The molecule has 0 bridgehead atoms. The van der Waals surface area contributed by atoms with Crippen molar-refractivity contribution in [1.82, 2.24) is 4.98 Å². The largest absolute Gasteiger partial charge is 0.463 e. The van der Waals surface area contributed by atoms with Crippen LogP contribution in [0.2, 0.25) is 0 Å². The first-order valence-electron chi connectivity index (χ1n) is 8.73. The van der Waals surface area contributed by atoms with Gasteiger partial charge in [-0.2, -0.15) is 5.26 Å². The molecule has 1 aromatic heterocycles. The van der Waals surface area contributed by atoms with E-state index < -0.39 is 47.7 Å². The SMILES string of the molecule is CC(=O)OCC1OC(Sc2cc(Br)c(C#N)cn2)C(OC(C)=O)C(N)C1OC(C)=O. The van der Waals surface area contributed by atoms with Gasteiger partial charge in [-0.3, -0.25) is 14.4 Å². The quantitative estimate of drug-likeness (QED) is 0.443. The van der Waals surface area contributed by atoms with Crippen molar-refractivity contribution in [3.8, 4) is 6.07 Å². The van der Waals surface area contributed by atoms with Gasteiger partial charge >= 0.3 is 17.9 Å². The smallest absolute Gasteiger partial charge is 0.303 e. The first-order chi connectivity index (χ1) is 14.1. The Bertz CT molecular complexity index is 861. The lowest BCUT2D eigenvalue weighted by Crippen LogP contribution is -2.63. The molecule has 1 aliphatic heterocycles. The summed E-state index contributed by atoms with van der Waals surface area (Å²) in [5.41, 5.74) is 5.78. The Kier molecular flexibility index (Phi) is 8.60. The fourth-order valence-electron chi connectivity index (χ4n) is 2.72. The second kappa shape index (κ2) is 10.7. The molecule has 1 fully saturated rings. The molecule has 0 spiro atoms. The van der Waals surface area contributed by atoms with Crippen LogP contribution in [-0.2, 0) is 33.3 Å².